The molecule has 2 fully saturated rings. The number of carbonyl (C=O) groups excluding carboxylic acids is 1. The van der Waals surface area contributed by atoms with Crippen molar-refractivity contribution in [3.63, 3.8) is 0 Å². The Bertz CT molecular complexity index is 241. The molecule has 1 amide bonds. The van der Waals surface area contributed by atoms with E-state index < -0.39 is 5.91 Å². The number of amides is 1. The van der Waals surface area contributed by atoms with Gasteiger partial charge in [0.05, 0.1) is 5.60 Å². The number of hydroxylamine groups is 1. The second-order valence-corrected chi connectivity index (χ2v) is 4.45. The van der Waals surface area contributed by atoms with Crippen LogP contribution < -0.4 is 11.2 Å². The van der Waals surface area contributed by atoms with Crippen molar-refractivity contribution >= 4 is 5.91 Å². The Morgan fingerprint density at radius 2 is 2.40 bits per heavy atom. The molecule has 1 saturated carbocycles. The van der Waals surface area contributed by atoms with E-state index in [0.29, 0.717) is 6.04 Å². The zero-order valence-electron chi connectivity index (χ0n) is 8.83. The van der Waals surface area contributed by atoms with Crippen LogP contribution in [0.15, 0.2) is 0 Å². The minimum absolute atomic E-state index is 0.0651. The summed E-state index contributed by atoms with van der Waals surface area (Å²) >= 11 is 0. The predicted molar refractivity (Wildman–Crippen MR) is 53.8 cm³/mol. The summed E-state index contributed by atoms with van der Waals surface area (Å²) in [5.41, 5.74) is 7.97. The summed E-state index contributed by atoms with van der Waals surface area (Å²) < 4.78 is 5.77. The first-order valence-electron chi connectivity index (χ1n) is 5.50. The summed E-state index contributed by atoms with van der Waals surface area (Å²) in [5.74, 6) is -0.451. The minimum Gasteiger partial charge on any atom is -0.375 e. The summed E-state index contributed by atoms with van der Waals surface area (Å²) in [6.45, 7) is 0.710. The van der Waals surface area contributed by atoms with E-state index in [1.54, 1.807) is 0 Å². The summed E-state index contributed by atoms with van der Waals surface area (Å²) in [5, 5.41) is 0. The van der Waals surface area contributed by atoms with Crippen molar-refractivity contribution in [2.45, 2.75) is 43.7 Å². The molecule has 0 aromatic heterocycles. The van der Waals surface area contributed by atoms with E-state index in [1.165, 1.54) is 6.42 Å². The van der Waals surface area contributed by atoms with Crippen LogP contribution in [0.25, 0.3) is 0 Å². The number of ether oxygens (including phenoxy) is 1. The van der Waals surface area contributed by atoms with Gasteiger partial charge in [-0.3, -0.25) is 9.63 Å². The molecule has 0 aromatic carbocycles. The van der Waals surface area contributed by atoms with Gasteiger partial charge in [0.2, 0.25) is 5.91 Å². The highest BCUT2D eigenvalue weighted by molar-refractivity contribution is 5.74. The van der Waals surface area contributed by atoms with Crippen LogP contribution in [0.3, 0.4) is 0 Å². The van der Waals surface area contributed by atoms with Crippen LogP contribution in [-0.2, 0) is 14.4 Å². The van der Waals surface area contributed by atoms with E-state index in [4.69, 9.17) is 15.3 Å². The Kier molecular flexibility index (Phi) is 3.23. The van der Waals surface area contributed by atoms with Crippen molar-refractivity contribution in [2.24, 2.45) is 5.73 Å². The fraction of sp³-hybridized carbons (Fsp3) is 0.900. The minimum atomic E-state index is -0.451. The van der Waals surface area contributed by atoms with Crippen molar-refractivity contribution in [1.29, 1.82) is 0 Å². The third kappa shape index (κ3) is 2.68. The molecule has 1 spiro atoms. The van der Waals surface area contributed by atoms with Gasteiger partial charge in [-0.2, -0.15) is 5.48 Å². The zero-order valence-corrected chi connectivity index (χ0v) is 8.83. The van der Waals surface area contributed by atoms with Crippen molar-refractivity contribution in [2.75, 3.05) is 13.2 Å². The number of carbonyl (C=O) groups is 1. The van der Waals surface area contributed by atoms with Crippen LogP contribution >= 0.6 is 0 Å². The fourth-order valence-corrected chi connectivity index (χ4v) is 2.28. The smallest absolute Gasteiger partial charge is 0.245 e. The summed E-state index contributed by atoms with van der Waals surface area (Å²) in [7, 11) is 0. The lowest BCUT2D eigenvalue weighted by atomic mass is 9.74. The van der Waals surface area contributed by atoms with E-state index in [-0.39, 0.29) is 12.2 Å². The van der Waals surface area contributed by atoms with Gasteiger partial charge in [0.1, 0.15) is 6.61 Å². The Morgan fingerprint density at radius 1 is 1.60 bits per heavy atom. The van der Waals surface area contributed by atoms with Gasteiger partial charge >= 0.3 is 0 Å². The van der Waals surface area contributed by atoms with Crippen LogP contribution in [-0.4, -0.2) is 30.8 Å². The topological polar surface area (TPSA) is 73.6 Å². The Morgan fingerprint density at radius 3 is 3.00 bits per heavy atom. The molecule has 0 radical (unpaired) electrons. The fourth-order valence-electron chi connectivity index (χ4n) is 2.28. The second kappa shape index (κ2) is 4.47. The van der Waals surface area contributed by atoms with E-state index in [1.807, 2.05) is 0 Å². The standard InChI is InChI=1S/C10H18N2O3/c11-9(13)7-15-12-8-2-5-14-10(6-8)3-1-4-10/h8,12H,1-7H2,(H2,11,13). The molecule has 1 aliphatic heterocycles. The first kappa shape index (κ1) is 10.9. The Labute approximate surface area is 89.2 Å². The lowest BCUT2D eigenvalue weighted by Crippen LogP contribution is -2.51. The highest BCUT2D eigenvalue weighted by Crippen LogP contribution is 2.42. The third-order valence-electron chi connectivity index (χ3n) is 3.22. The average Bonchev–Trinajstić information content (AvgIpc) is 2.15. The van der Waals surface area contributed by atoms with Crippen LogP contribution in [0, 0.1) is 0 Å². The SMILES string of the molecule is NC(=O)CONC1CCOC2(CCC2)C1. The lowest BCUT2D eigenvalue weighted by molar-refractivity contribution is -0.153. The largest absolute Gasteiger partial charge is 0.375 e. The molecule has 15 heavy (non-hydrogen) atoms. The van der Waals surface area contributed by atoms with Crippen molar-refractivity contribution < 1.29 is 14.4 Å². The van der Waals surface area contributed by atoms with Gasteiger partial charge in [0.15, 0.2) is 0 Å². The van der Waals surface area contributed by atoms with Gasteiger partial charge in [0.25, 0.3) is 0 Å². The van der Waals surface area contributed by atoms with Crippen LogP contribution in [0.5, 0.6) is 0 Å². The van der Waals surface area contributed by atoms with Crippen LogP contribution in [0.2, 0.25) is 0 Å². The molecule has 86 valence electrons. The van der Waals surface area contributed by atoms with Crippen LogP contribution in [0.1, 0.15) is 32.1 Å². The third-order valence-corrected chi connectivity index (χ3v) is 3.22. The lowest BCUT2D eigenvalue weighted by Gasteiger charge is -2.47. The average molecular weight is 214 g/mol. The molecular formula is C10H18N2O3. The molecule has 1 unspecified atom stereocenters. The molecular weight excluding hydrogens is 196 g/mol. The number of rotatable bonds is 4. The molecule has 1 heterocycles. The molecule has 5 nitrogen and oxygen atoms in total. The van der Waals surface area contributed by atoms with Crippen LogP contribution in [0.4, 0.5) is 0 Å². The first-order chi connectivity index (χ1) is 7.20. The molecule has 3 N–H and O–H groups in total. The molecule has 5 heteroatoms. The van der Waals surface area contributed by atoms with E-state index in [0.717, 1.165) is 32.3 Å². The Hall–Kier alpha value is -0.650. The Balaban J connectivity index is 1.71. The molecule has 0 aromatic rings. The van der Waals surface area contributed by atoms with Gasteiger partial charge < -0.3 is 10.5 Å². The van der Waals surface area contributed by atoms with Gasteiger partial charge in [-0.15, -0.1) is 0 Å². The monoisotopic (exact) mass is 214 g/mol. The van der Waals surface area contributed by atoms with Crippen molar-refractivity contribution in [3.8, 4) is 0 Å². The molecule has 2 aliphatic rings. The predicted octanol–water partition coefficient (Wildman–Crippen LogP) is 0.0946. The van der Waals surface area contributed by atoms with Gasteiger partial charge in [-0.1, -0.05) is 0 Å². The number of nitrogens with one attached hydrogen (secondary N) is 1. The summed E-state index contributed by atoms with van der Waals surface area (Å²) in [4.78, 5) is 15.5. The summed E-state index contributed by atoms with van der Waals surface area (Å²) in [6.07, 6.45) is 5.48. The summed E-state index contributed by atoms with van der Waals surface area (Å²) in [6, 6.07) is 0.290. The quantitative estimate of drug-likeness (QED) is 0.651. The van der Waals surface area contributed by atoms with Gasteiger partial charge in [-0.25, -0.2) is 0 Å². The van der Waals surface area contributed by atoms with E-state index >= 15 is 0 Å². The maximum Gasteiger partial charge on any atom is 0.245 e. The van der Waals surface area contributed by atoms with Crippen molar-refractivity contribution in [1.82, 2.24) is 5.48 Å². The van der Waals surface area contributed by atoms with Gasteiger partial charge in [0, 0.05) is 12.6 Å². The molecule has 1 aliphatic carbocycles. The first-order valence-corrected chi connectivity index (χ1v) is 5.50. The van der Waals surface area contributed by atoms with Gasteiger partial charge in [-0.05, 0) is 32.1 Å². The second-order valence-electron chi connectivity index (χ2n) is 4.45. The normalized spacial score (nSPS) is 28.7. The number of nitrogens with two attached hydrogens (primary N) is 1. The maximum atomic E-state index is 10.5. The maximum absolute atomic E-state index is 10.5. The highest BCUT2D eigenvalue weighted by atomic mass is 16.6. The molecule has 1 atom stereocenters. The number of primary amides is 1. The van der Waals surface area contributed by atoms with E-state index in [2.05, 4.69) is 5.48 Å². The molecule has 1 saturated heterocycles. The zero-order chi connectivity index (χ0) is 10.7. The highest BCUT2D eigenvalue weighted by Gasteiger charge is 2.42. The number of hydrogen-bond donors (Lipinski definition) is 2. The van der Waals surface area contributed by atoms with E-state index in [9.17, 15) is 4.79 Å². The number of hydrogen-bond acceptors (Lipinski definition) is 4. The molecule has 0 bridgehead atoms. The molecule has 2 rings (SSSR count). The van der Waals surface area contributed by atoms with Crippen molar-refractivity contribution in [3.05, 3.63) is 0 Å².